The van der Waals surface area contributed by atoms with Crippen LogP contribution in [-0.4, -0.2) is 42.8 Å². The zero-order valence-corrected chi connectivity index (χ0v) is 19.9. The van der Waals surface area contributed by atoms with E-state index in [4.69, 9.17) is 9.47 Å². The van der Waals surface area contributed by atoms with Gasteiger partial charge in [0, 0.05) is 17.7 Å². The molecule has 0 spiro atoms. The van der Waals surface area contributed by atoms with Gasteiger partial charge in [-0.3, -0.25) is 14.4 Å². The van der Waals surface area contributed by atoms with Gasteiger partial charge < -0.3 is 14.4 Å². The fraction of sp³-hybridized carbons (Fsp3) is 0.370. The van der Waals surface area contributed by atoms with Gasteiger partial charge in [-0.25, -0.2) is 4.90 Å². The maximum atomic E-state index is 14.0. The maximum absolute atomic E-state index is 14.0. The average Bonchev–Trinajstić information content (AvgIpc) is 3.30. The zero-order chi connectivity index (χ0) is 24.4. The lowest BCUT2D eigenvalue weighted by atomic mass is 9.79. The molecule has 2 saturated heterocycles. The highest BCUT2D eigenvalue weighted by molar-refractivity contribution is 6.24. The highest BCUT2D eigenvalue weighted by Crippen LogP contribution is 2.55. The van der Waals surface area contributed by atoms with Crippen LogP contribution in [0, 0.1) is 17.3 Å². The Kier molecular flexibility index (Phi) is 5.04. The number of fused-ring (bicyclic) bond motifs is 5. The van der Waals surface area contributed by atoms with Gasteiger partial charge in [-0.2, -0.15) is 0 Å². The van der Waals surface area contributed by atoms with Crippen LogP contribution in [0.2, 0.25) is 0 Å². The molecule has 0 radical (unpaired) electrons. The Morgan fingerprint density at radius 1 is 0.941 bits per heavy atom. The van der Waals surface area contributed by atoms with Gasteiger partial charge in [0.1, 0.15) is 17.5 Å². The van der Waals surface area contributed by atoms with E-state index in [0.29, 0.717) is 17.2 Å². The highest BCUT2D eigenvalue weighted by Gasteiger charge is 2.65. The van der Waals surface area contributed by atoms with Crippen molar-refractivity contribution in [2.45, 2.75) is 32.9 Å². The molecule has 0 saturated carbocycles. The lowest BCUT2D eigenvalue weighted by Gasteiger charge is -2.37. The van der Waals surface area contributed by atoms with Crippen LogP contribution in [0.1, 0.15) is 37.9 Å². The van der Waals surface area contributed by atoms with Gasteiger partial charge in [-0.15, -0.1) is 0 Å². The Balaban J connectivity index is 1.68. The van der Waals surface area contributed by atoms with Crippen molar-refractivity contribution in [3.05, 3.63) is 59.8 Å². The second-order valence-corrected chi connectivity index (χ2v) is 10.00. The Hall–Kier alpha value is -3.61. The molecule has 0 bridgehead atoms. The molecule has 0 aliphatic carbocycles. The summed E-state index contributed by atoms with van der Waals surface area (Å²) in [6.07, 6.45) is 3.82. The van der Waals surface area contributed by atoms with E-state index < -0.39 is 29.3 Å². The van der Waals surface area contributed by atoms with Crippen LogP contribution >= 0.6 is 0 Å². The summed E-state index contributed by atoms with van der Waals surface area (Å²) in [4.78, 5) is 44.8. The first kappa shape index (κ1) is 22.2. The number of carbonyl (C=O) groups is 3. The van der Waals surface area contributed by atoms with E-state index in [-0.39, 0.29) is 17.6 Å². The van der Waals surface area contributed by atoms with Crippen LogP contribution in [0.3, 0.4) is 0 Å². The zero-order valence-electron chi connectivity index (χ0n) is 19.9. The van der Waals surface area contributed by atoms with Crippen LogP contribution < -0.4 is 14.4 Å². The molecule has 4 atom stereocenters. The number of Topliss-reactive ketones (excluding diaryl/α,β-unsaturated/α-hetero) is 1. The van der Waals surface area contributed by atoms with E-state index in [9.17, 15) is 14.4 Å². The monoisotopic (exact) mass is 460 g/mol. The second-order valence-electron chi connectivity index (χ2n) is 10.00. The number of hydrogen-bond donors (Lipinski definition) is 0. The van der Waals surface area contributed by atoms with Gasteiger partial charge in [-0.05, 0) is 29.3 Å². The predicted octanol–water partition coefficient (Wildman–Crippen LogP) is 3.83. The number of benzene rings is 2. The molecule has 0 aromatic heterocycles. The molecule has 7 nitrogen and oxygen atoms in total. The molecule has 3 heterocycles. The molecular weight excluding hydrogens is 432 g/mol. The molecule has 2 fully saturated rings. The number of amides is 2. The van der Waals surface area contributed by atoms with Crippen LogP contribution in [0.15, 0.2) is 48.7 Å². The molecular formula is C27H28N2O5. The number of hydrogen-bond acceptors (Lipinski definition) is 6. The molecule has 34 heavy (non-hydrogen) atoms. The molecule has 3 aliphatic heterocycles. The van der Waals surface area contributed by atoms with Crippen molar-refractivity contribution in [3.8, 4) is 11.5 Å². The van der Waals surface area contributed by atoms with Gasteiger partial charge in [0.25, 0.3) is 0 Å². The summed E-state index contributed by atoms with van der Waals surface area (Å²) in [6, 6.07) is 11.7. The van der Waals surface area contributed by atoms with Crippen molar-refractivity contribution in [1.82, 2.24) is 4.90 Å². The molecule has 3 aliphatic rings. The summed E-state index contributed by atoms with van der Waals surface area (Å²) in [5.74, 6) is -1.36. The summed E-state index contributed by atoms with van der Waals surface area (Å²) in [7, 11) is 3.02. The van der Waals surface area contributed by atoms with E-state index in [1.54, 1.807) is 18.2 Å². The number of ether oxygens (including phenoxy) is 2. The molecule has 5 rings (SSSR count). The van der Waals surface area contributed by atoms with E-state index in [0.717, 1.165) is 11.1 Å². The number of nitrogens with zero attached hydrogens (tertiary/aromatic N) is 2. The largest absolute Gasteiger partial charge is 0.497 e. The predicted molar refractivity (Wildman–Crippen MR) is 127 cm³/mol. The standard InChI is InChI=1S/C27H28N2O5/c1-27(2,3)24(30)23-21-20(22-17-9-7-6-8-15(17)12-13-28(22)23)25(31)29(26(21)32)18-14-16(33-4)10-11-19(18)34-5/h6-14,20-23H,1-5H3/t20-,21+,22-,23+/m0/s1. The van der Waals surface area contributed by atoms with E-state index >= 15 is 0 Å². The van der Waals surface area contributed by atoms with Gasteiger partial charge in [0.2, 0.25) is 11.8 Å². The Morgan fingerprint density at radius 2 is 1.65 bits per heavy atom. The minimum absolute atomic E-state index is 0.0605. The van der Waals surface area contributed by atoms with Gasteiger partial charge in [-0.1, -0.05) is 45.0 Å². The van der Waals surface area contributed by atoms with Crippen molar-refractivity contribution in [2.75, 3.05) is 19.1 Å². The average molecular weight is 461 g/mol. The van der Waals surface area contributed by atoms with Gasteiger partial charge in [0.05, 0.1) is 37.8 Å². The molecule has 176 valence electrons. The van der Waals surface area contributed by atoms with Crippen molar-refractivity contribution >= 4 is 29.4 Å². The van der Waals surface area contributed by atoms with Gasteiger partial charge in [0.15, 0.2) is 5.78 Å². The fourth-order valence-electron chi connectivity index (χ4n) is 5.51. The molecule has 2 amide bonds. The Bertz CT molecular complexity index is 1230. The Morgan fingerprint density at radius 3 is 2.32 bits per heavy atom. The number of methoxy groups -OCH3 is 2. The summed E-state index contributed by atoms with van der Waals surface area (Å²) in [6.45, 7) is 5.55. The third-order valence-corrected chi connectivity index (χ3v) is 7.10. The number of imide groups is 1. The van der Waals surface area contributed by atoms with Crippen LogP contribution in [-0.2, 0) is 14.4 Å². The smallest absolute Gasteiger partial charge is 0.240 e. The second kappa shape index (κ2) is 7.72. The summed E-state index contributed by atoms with van der Waals surface area (Å²) in [5, 5.41) is 0. The molecule has 0 unspecified atom stereocenters. The topological polar surface area (TPSA) is 76.2 Å². The minimum atomic E-state index is -0.795. The minimum Gasteiger partial charge on any atom is -0.497 e. The maximum Gasteiger partial charge on any atom is 0.240 e. The first-order valence-electron chi connectivity index (χ1n) is 11.4. The summed E-state index contributed by atoms with van der Waals surface area (Å²) in [5.41, 5.74) is 1.59. The van der Waals surface area contributed by atoms with E-state index in [1.165, 1.54) is 19.1 Å². The highest BCUT2D eigenvalue weighted by atomic mass is 16.5. The lowest BCUT2D eigenvalue weighted by Crippen LogP contribution is -2.47. The van der Waals surface area contributed by atoms with Crippen LogP contribution in [0.25, 0.3) is 6.08 Å². The first-order valence-corrected chi connectivity index (χ1v) is 11.4. The van der Waals surface area contributed by atoms with Crippen molar-refractivity contribution < 1.29 is 23.9 Å². The molecule has 7 heteroatoms. The summed E-state index contributed by atoms with van der Waals surface area (Å²) >= 11 is 0. The van der Waals surface area contributed by atoms with Gasteiger partial charge >= 0.3 is 0 Å². The number of anilines is 1. The normalized spacial score (nSPS) is 25.2. The van der Waals surface area contributed by atoms with Crippen LogP contribution in [0.4, 0.5) is 5.69 Å². The SMILES string of the molecule is COc1ccc(OC)c(N2C(=O)[C@@H]3[C@H](C2=O)[C@@H]2c4ccccc4C=CN2[C@H]3C(=O)C(C)(C)C)c1. The Labute approximate surface area is 198 Å². The summed E-state index contributed by atoms with van der Waals surface area (Å²) < 4.78 is 10.8. The first-order chi connectivity index (χ1) is 16.2. The third-order valence-electron chi connectivity index (χ3n) is 7.10. The van der Waals surface area contributed by atoms with E-state index in [1.807, 2.05) is 62.2 Å². The third kappa shape index (κ3) is 3.06. The lowest BCUT2D eigenvalue weighted by molar-refractivity contribution is -0.135. The van der Waals surface area contributed by atoms with Crippen LogP contribution in [0.5, 0.6) is 11.5 Å². The number of ketones is 1. The fourth-order valence-corrected chi connectivity index (χ4v) is 5.51. The quantitative estimate of drug-likeness (QED) is 0.646. The molecule has 0 N–H and O–H groups in total. The van der Waals surface area contributed by atoms with Crippen molar-refractivity contribution in [3.63, 3.8) is 0 Å². The van der Waals surface area contributed by atoms with Crippen molar-refractivity contribution in [1.29, 1.82) is 0 Å². The molecule has 2 aromatic carbocycles. The number of carbonyl (C=O) groups excluding carboxylic acids is 3. The van der Waals surface area contributed by atoms with E-state index in [2.05, 4.69) is 0 Å². The number of rotatable bonds is 4. The van der Waals surface area contributed by atoms with Crippen molar-refractivity contribution in [2.24, 2.45) is 17.3 Å². The molecule has 2 aromatic rings.